The smallest absolute Gasteiger partial charge is 0.261 e. The maximum Gasteiger partial charge on any atom is 0.261 e. The number of benzene rings is 2. The molecule has 0 amide bonds. The summed E-state index contributed by atoms with van der Waals surface area (Å²) in [5, 5.41) is 0.951. The van der Waals surface area contributed by atoms with Crippen molar-refractivity contribution in [2.45, 2.75) is 25.7 Å². The molecule has 3 aromatic rings. The first-order valence-corrected chi connectivity index (χ1v) is 9.82. The molecule has 5 nitrogen and oxygen atoms in total. The summed E-state index contributed by atoms with van der Waals surface area (Å²) < 4.78 is 34.2. The zero-order chi connectivity index (χ0) is 17.3. The van der Waals surface area contributed by atoms with Crippen molar-refractivity contribution in [1.82, 2.24) is 4.98 Å². The Hall–Kier alpha value is -2.12. The normalized spacial score (nSPS) is 11.6. The molecule has 0 bridgehead atoms. The van der Waals surface area contributed by atoms with Crippen LogP contribution in [0.4, 0.5) is 5.69 Å². The Kier molecular flexibility index (Phi) is 4.47. The van der Waals surface area contributed by atoms with Gasteiger partial charge in [0.1, 0.15) is 5.75 Å². The largest absolute Gasteiger partial charge is 0.494 e. The molecule has 0 fully saturated rings. The second-order valence-electron chi connectivity index (χ2n) is 5.38. The number of ether oxygens (including phenoxy) is 1. The van der Waals surface area contributed by atoms with Gasteiger partial charge in [-0.3, -0.25) is 4.72 Å². The van der Waals surface area contributed by atoms with Gasteiger partial charge in [-0.2, -0.15) is 0 Å². The van der Waals surface area contributed by atoms with E-state index in [1.54, 1.807) is 30.3 Å². The zero-order valence-corrected chi connectivity index (χ0v) is 15.3. The van der Waals surface area contributed by atoms with Crippen LogP contribution in [-0.4, -0.2) is 20.0 Å². The maximum absolute atomic E-state index is 12.6. The van der Waals surface area contributed by atoms with Crippen molar-refractivity contribution in [2.24, 2.45) is 0 Å². The molecule has 0 saturated carbocycles. The number of sulfonamides is 1. The van der Waals surface area contributed by atoms with Crippen LogP contribution in [-0.2, 0) is 10.0 Å². The summed E-state index contributed by atoms with van der Waals surface area (Å²) in [6.45, 7) is 6.19. The zero-order valence-electron chi connectivity index (χ0n) is 13.7. The van der Waals surface area contributed by atoms with Crippen molar-refractivity contribution in [3.05, 3.63) is 47.0 Å². The van der Waals surface area contributed by atoms with Crippen LogP contribution in [0.3, 0.4) is 0 Å². The summed E-state index contributed by atoms with van der Waals surface area (Å²) >= 11 is 1.54. The van der Waals surface area contributed by atoms with E-state index < -0.39 is 10.0 Å². The molecule has 1 N–H and O–H groups in total. The van der Waals surface area contributed by atoms with Gasteiger partial charge in [-0.25, -0.2) is 13.4 Å². The Morgan fingerprint density at radius 3 is 2.67 bits per heavy atom. The fraction of sp³-hybridized carbons (Fsp3) is 0.235. The van der Waals surface area contributed by atoms with Crippen LogP contribution in [0.25, 0.3) is 10.2 Å². The predicted molar refractivity (Wildman–Crippen MR) is 97.5 cm³/mol. The number of thiazole rings is 1. The fourth-order valence-corrected chi connectivity index (χ4v) is 4.42. The van der Waals surface area contributed by atoms with Gasteiger partial charge in [0.15, 0.2) is 0 Å². The van der Waals surface area contributed by atoms with Crippen molar-refractivity contribution < 1.29 is 13.2 Å². The van der Waals surface area contributed by atoms with E-state index in [1.807, 2.05) is 26.8 Å². The molecule has 0 radical (unpaired) electrons. The molecule has 0 saturated heterocycles. The van der Waals surface area contributed by atoms with E-state index in [-0.39, 0.29) is 4.90 Å². The molecule has 126 valence electrons. The maximum atomic E-state index is 12.6. The van der Waals surface area contributed by atoms with Crippen molar-refractivity contribution >= 4 is 37.3 Å². The average molecular weight is 362 g/mol. The Balaban J connectivity index is 1.90. The van der Waals surface area contributed by atoms with E-state index in [2.05, 4.69) is 9.71 Å². The quantitative estimate of drug-likeness (QED) is 0.741. The standard InChI is InChI=1S/C17H18N2O3S2/c1-4-22-16-8-6-14(9-11(16)2)24(20,21)19-13-5-7-15-17(10-13)23-12(3)18-15/h5-10,19H,4H2,1-3H3. The van der Waals surface area contributed by atoms with Crippen LogP contribution in [0, 0.1) is 13.8 Å². The highest BCUT2D eigenvalue weighted by atomic mass is 32.2. The molecule has 7 heteroatoms. The SMILES string of the molecule is CCOc1ccc(S(=O)(=O)Nc2ccc3nc(C)sc3c2)cc1C. The summed E-state index contributed by atoms with van der Waals surface area (Å²) in [6, 6.07) is 10.2. The number of fused-ring (bicyclic) bond motifs is 1. The molecule has 0 unspecified atom stereocenters. The minimum Gasteiger partial charge on any atom is -0.494 e. The summed E-state index contributed by atoms with van der Waals surface area (Å²) in [4.78, 5) is 4.59. The van der Waals surface area contributed by atoms with Gasteiger partial charge in [-0.15, -0.1) is 11.3 Å². The highest BCUT2D eigenvalue weighted by Crippen LogP contribution is 2.27. The monoisotopic (exact) mass is 362 g/mol. The topological polar surface area (TPSA) is 68.3 Å². The van der Waals surface area contributed by atoms with Crippen LogP contribution >= 0.6 is 11.3 Å². The van der Waals surface area contributed by atoms with Gasteiger partial charge in [0, 0.05) is 0 Å². The number of rotatable bonds is 5. The molecule has 1 heterocycles. The van der Waals surface area contributed by atoms with Crippen LogP contribution in [0.5, 0.6) is 5.75 Å². The third-order valence-corrected chi connectivity index (χ3v) is 5.82. The third-order valence-electron chi connectivity index (χ3n) is 3.50. The van der Waals surface area contributed by atoms with Crippen molar-refractivity contribution in [3.8, 4) is 5.75 Å². The molecular weight excluding hydrogens is 344 g/mol. The Morgan fingerprint density at radius 2 is 1.96 bits per heavy atom. The molecule has 2 aromatic carbocycles. The van der Waals surface area contributed by atoms with E-state index in [1.165, 1.54) is 11.3 Å². The summed E-state index contributed by atoms with van der Waals surface area (Å²) in [7, 11) is -3.65. The molecule has 1 aromatic heterocycles. The molecule has 0 aliphatic heterocycles. The first-order valence-electron chi connectivity index (χ1n) is 7.52. The van der Waals surface area contributed by atoms with Gasteiger partial charge >= 0.3 is 0 Å². The molecular formula is C17H18N2O3S2. The highest BCUT2D eigenvalue weighted by molar-refractivity contribution is 7.92. The number of hydrogen-bond acceptors (Lipinski definition) is 5. The van der Waals surface area contributed by atoms with Crippen LogP contribution in [0.15, 0.2) is 41.3 Å². The van der Waals surface area contributed by atoms with Gasteiger partial charge in [-0.05, 0) is 62.7 Å². The highest BCUT2D eigenvalue weighted by Gasteiger charge is 2.16. The van der Waals surface area contributed by atoms with Crippen LogP contribution < -0.4 is 9.46 Å². The van der Waals surface area contributed by atoms with Gasteiger partial charge in [-0.1, -0.05) is 0 Å². The Bertz CT molecular complexity index is 994. The minimum atomic E-state index is -3.65. The molecule has 3 rings (SSSR count). The summed E-state index contributed by atoms with van der Waals surface area (Å²) in [5.74, 6) is 0.693. The Morgan fingerprint density at radius 1 is 1.17 bits per heavy atom. The van der Waals surface area contributed by atoms with Crippen molar-refractivity contribution in [2.75, 3.05) is 11.3 Å². The number of anilines is 1. The van der Waals surface area contributed by atoms with Crippen molar-refractivity contribution in [1.29, 1.82) is 0 Å². The van der Waals surface area contributed by atoms with E-state index in [0.717, 1.165) is 20.8 Å². The fourth-order valence-electron chi connectivity index (χ4n) is 2.42. The number of hydrogen-bond donors (Lipinski definition) is 1. The van der Waals surface area contributed by atoms with Gasteiger partial charge in [0.2, 0.25) is 0 Å². The molecule has 0 spiro atoms. The molecule has 0 aliphatic rings. The Labute approximate surface area is 145 Å². The van der Waals surface area contributed by atoms with E-state index >= 15 is 0 Å². The number of aryl methyl sites for hydroxylation is 2. The number of aromatic nitrogens is 1. The predicted octanol–water partition coefficient (Wildman–Crippen LogP) is 4.11. The van der Waals surface area contributed by atoms with E-state index in [0.29, 0.717) is 18.0 Å². The van der Waals surface area contributed by atoms with Gasteiger partial charge in [0.05, 0.1) is 32.4 Å². The lowest BCUT2D eigenvalue weighted by Crippen LogP contribution is -2.13. The minimum absolute atomic E-state index is 0.212. The molecule has 24 heavy (non-hydrogen) atoms. The van der Waals surface area contributed by atoms with Gasteiger partial charge < -0.3 is 4.74 Å². The lowest BCUT2D eigenvalue weighted by atomic mass is 10.2. The van der Waals surface area contributed by atoms with E-state index in [9.17, 15) is 8.42 Å². The summed E-state index contributed by atoms with van der Waals surface area (Å²) in [5.41, 5.74) is 2.18. The van der Waals surface area contributed by atoms with Gasteiger partial charge in [0.25, 0.3) is 10.0 Å². The third kappa shape index (κ3) is 3.37. The van der Waals surface area contributed by atoms with Crippen LogP contribution in [0.1, 0.15) is 17.5 Å². The molecule has 0 atom stereocenters. The van der Waals surface area contributed by atoms with E-state index in [4.69, 9.17) is 4.74 Å². The number of nitrogens with one attached hydrogen (secondary N) is 1. The molecule has 0 aliphatic carbocycles. The number of nitrogens with zero attached hydrogens (tertiary/aromatic N) is 1. The second kappa shape index (κ2) is 6.41. The first kappa shape index (κ1) is 16.7. The first-order chi connectivity index (χ1) is 11.4. The second-order valence-corrected chi connectivity index (χ2v) is 8.30. The van der Waals surface area contributed by atoms with Crippen LogP contribution in [0.2, 0.25) is 0 Å². The average Bonchev–Trinajstić information content (AvgIpc) is 2.88. The lowest BCUT2D eigenvalue weighted by molar-refractivity contribution is 0.337. The lowest BCUT2D eigenvalue weighted by Gasteiger charge is -2.11. The summed E-state index contributed by atoms with van der Waals surface area (Å²) in [6.07, 6.45) is 0. The van der Waals surface area contributed by atoms with Crippen molar-refractivity contribution in [3.63, 3.8) is 0 Å².